The van der Waals surface area contributed by atoms with Crippen LogP contribution in [-0.2, 0) is 4.79 Å². The smallest absolute Gasteiger partial charge is 0.222 e. The van der Waals surface area contributed by atoms with E-state index in [9.17, 15) is 4.79 Å². The van der Waals surface area contributed by atoms with Gasteiger partial charge in [0.15, 0.2) is 10.9 Å². The minimum absolute atomic E-state index is 0. The summed E-state index contributed by atoms with van der Waals surface area (Å²) < 4.78 is 0.877. The van der Waals surface area contributed by atoms with Gasteiger partial charge in [-0.25, -0.2) is 9.97 Å². The van der Waals surface area contributed by atoms with Crippen molar-refractivity contribution in [3.8, 4) is 6.07 Å². The highest BCUT2D eigenvalue weighted by molar-refractivity contribution is 7.22. The lowest BCUT2D eigenvalue weighted by Crippen LogP contribution is -2.34. The summed E-state index contributed by atoms with van der Waals surface area (Å²) in [4.78, 5) is 22.2. The second-order valence-corrected chi connectivity index (χ2v) is 6.08. The molecular formula is C16H23N5OS. The minimum Gasteiger partial charge on any atom is -0.347 e. The van der Waals surface area contributed by atoms with Crippen molar-refractivity contribution in [3.63, 3.8) is 0 Å². The molecule has 1 aliphatic rings. The van der Waals surface area contributed by atoms with E-state index >= 15 is 0 Å². The molecule has 1 aliphatic heterocycles. The van der Waals surface area contributed by atoms with Gasteiger partial charge in [0.1, 0.15) is 0 Å². The van der Waals surface area contributed by atoms with Crippen LogP contribution < -0.4 is 10.2 Å². The number of rotatable bonds is 2. The first kappa shape index (κ1) is 17.2. The molecule has 7 heteroatoms. The maximum absolute atomic E-state index is 11.2. The number of nitriles is 1. The molecule has 0 spiro atoms. The first-order valence-electron chi connectivity index (χ1n) is 7.85. The van der Waals surface area contributed by atoms with E-state index in [4.69, 9.17) is 5.26 Å². The summed E-state index contributed by atoms with van der Waals surface area (Å²) in [6, 6.07) is 4.18. The van der Waals surface area contributed by atoms with Crippen LogP contribution in [0.1, 0.15) is 35.0 Å². The van der Waals surface area contributed by atoms with E-state index < -0.39 is 0 Å². The monoisotopic (exact) mass is 333 g/mol. The fourth-order valence-electron chi connectivity index (χ4n) is 2.49. The standard InChI is InChI=1S/C14H15N5OS.C2H6.H2/c1-9(20)17-13-12-11(4-5-16-13)18-14(21-12)19-6-2-3-10(7-15)8-19;1-2;/h4-5,10H,2-3,6,8H2,1H3,(H,16,17,20);1-2H3;1H/t10-;;/m1../s1. The molecule has 2 aromatic rings. The fourth-order valence-corrected chi connectivity index (χ4v) is 3.53. The van der Waals surface area contributed by atoms with Gasteiger partial charge in [0.05, 0.1) is 22.2 Å². The Morgan fingerprint density at radius 1 is 1.57 bits per heavy atom. The summed E-state index contributed by atoms with van der Waals surface area (Å²) in [5, 5.41) is 12.7. The molecule has 0 aliphatic carbocycles. The number of carbonyl (C=O) groups excluding carboxylic acids is 1. The van der Waals surface area contributed by atoms with Crippen molar-refractivity contribution in [2.75, 3.05) is 23.3 Å². The summed E-state index contributed by atoms with van der Waals surface area (Å²) >= 11 is 1.51. The SMILES string of the molecule is CC.CC(=O)Nc1nccc2nc(N3CCC[C@H](C#N)C3)sc12.[HH]. The third-order valence-electron chi connectivity index (χ3n) is 3.46. The molecule has 1 N–H and O–H groups in total. The van der Waals surface area contributed by atoms with Crippen molar-refractivity contribution in [2.45, 2.75) is 33.6 Å². The van der Waals surface area contributed by atoms with Gasteiger partial charge in [0.25, 0.3) is 0 Å². The van der Waals surface area contributed by atoms with Crippen LogP contribution >= 0.6 is 11.3 Å². The lowest BCUT2D eigenvalue weighted by atomic mass is 10.0. The van der Waals surface area contributed by atoms with E-state index in [1.165, 1.54) is 18.3 Å². The molecule has 1 saturated heterocycles. The molecule has 2 aromatic heterocycles. The molecule has 1 amide bonds. The Kier molecular flexibility index (Phi) is 5.88. The molecule has 0 aromatic carbocycles. The molecule has 6 nitrogen and oxygen atoms in total. The predicted molar refractivity (Wildman–Crippen MR) is 95.7 cm³/mol. The van der Waals surface area contributed by atoms with Crippen LogP contribution in [0.4, 0.5) is 10.9 Å². The molecule has 124 valence electrons. The van der Waals surface area contributed by atoms with Gasteiger partial charge in [0, 0.05) is 27.6 Å². The number of pyridine rings is 1. The number of hydrogen-bond donors (Lipinski definition) is 1. The van der Waals surface area contributed by atoms with Crippen molar-refractivity contribution >= 4 is 38.4 Å². The van der Waals surface area contributed by atoms with Gasteiger partial charge in [0.2, 0.25) is 5.91 Å². The van der Waals surface area contributed by atoms with Gasteiger partial charge in [-0.3, -0.25) is 4.79 Å². The first-order chi connectivity index (χ1) is 11.2. The van der Waals surface area contributed by atoms with Crippen molar-refractivity contribution in [2.24, 2.45) is 5.92 Å². The Labute approximate surface area is 141 Å². The highest BCUT2D eigenvalue weighted by Gasteiger charge is 2.22. The molecule has 23 heavy (non-hydrogen) atoms. The zero-order valence-corrected chi connectivity index (χ0v) is 14.5. The van der Waals surface area contributed by atoms with Crippen LogP contribution in [0, 0.1) is 17.2 Å². The number of thiazole rings is 1. The number of carbonyl (C=O) groups is 1. The zero-order valence-electron chi connectivity index (χ0n) is 13.7. The van der Waals surface area contributed by atoms with E-state index in [0.717, 1.165) is 41.3 Å². The maximum atomic E-state index is 11.2. The topological polar surface area (TPSA) is 81.9 Å². The molecule has 0 saturated carbocycles. The Balaban J connectivity index is 0.000000925. The van der Waals surface area contributed by atoms with Gasteiger partial charge in [-0.05, 0) is 18.9 Å². The minimum atomic E-state index is -0.146. The molecule has 1 fully saturated rings. The van der Waals surface area contributed by atoms with Crippen LogP contribution in [0.15, 0.2) is 12.3 Å². The lowest BCUT2D eigenvalue weighted by Gasteiger charge is -2.28. The number of hydrogen-bond acceptors (Lipinski definition) is 6. The summed E-state index contributed by atoms with van der Waals surface area (Å²) in [5.41, 5.74) is 0.827. The third-order valence-corrected chi connectivity index (χ3v) is 4.60. The highest BCUT2D eigenvalue weighted by Crippen LogP contribution is 2.34. The molecule has 0 unspecified atom stereocenters. The van der Waals surface area contributed by atoms with Crippen LogP contribution in [-0.4, -0.2) is 29.0 Å². The molecule has 0 bridgehead atoms. The molecule has 3 heterocycles. The molecule has 0 radical (unpaired) electrons. The molecular weight excluding hydrogens is 310 g/mol. The second-order valence-electron chi connectivity index (χ2n) is 5.10. The number of nitrogens with one attached hydrogen (secondary N) is 1. The molecule has 1 atom stereocenters. The predicted octanol–water partition coefficient (Wildman–Crippen LogP) is 3.66. The summed E-state index contributed by atoms with van der Waals surface area (Å²) in [5.74, 6) is 0.476. The van der Waals surface area contributed by atoms with Gasteiger partial charge >= 0.3 is 0 Å². The first-order valence-corrected chi connectivity index (χ1v) is 8.66. The van der Waals surface area contributed by atoms with Crippen molar-refractivity contribution in [3.05, 3.63) is 12.3 Å². The van der Waals surface area contributed by atoms with Gasteiger partial charge in [-0.1, -0.05) is 25.2 Å². The Hall–Kier alpha value is -2.20. The number of nitrogens with zero attached hydrogens (tertiary/aromatic N) is 4. The summed E-state index contributed by atoms with van der Waals surface area (Å²) in [6.45, 7) is 7.10. The molecule has 3 rings (SSSR count). The lowest BCUT2D eigenvalue weighted by molar-refractivity contribution is -0.114. The number of anilines is 2. The van der Waals surface area contributed by atoms with Gasteiger partial charge in [-0.2, -0.15) is 5.26 Å². The summed E-state index contributed by atoms with van der Waals surface area (Å²) in [7, 11) is 0. The van der Waals surface area contributed by atoms with Gasteiger partial charge < -0.3 is 10.2 Å². The van der Waals surface area contributed by atoms with Crippen LogP contribution in [0.25, 0.3) is 10.2 Å². The van der Waals surface area contributed by atoms with Crippen molar-refractivity contribution < 1.29 is 6.22 Å². The zero-order chi connectivity index (χ0) is 16.8. The van der Waals surface area contributed by atoms with Crippen molar-refractivity contribution in [1.29, 1.82) is 5.26 Å². The van der Waals surface area contributed by atoms with E-state index in [2.05, 4.69) is 26.3 Å². The van der Waals surface area contributed by atoms with Crippen molar-refractivity contribution in [1.82, 2.24) is 9.97 Å². The quantitative estimate of drug-likeness (QED) is 0.907. The second kappa shape index (κ2) is 7.88. The largest absolute Gasteiger partial charge is 0.347 e. The van der Waals surface area contributed by atoms with Crippen LogP contribution in [0.2, 0.25) is 0 Å². The number of piperidine rings is 1. The van der Waals surface area contributed by atoms with E-state index in [1.807, 2.05) is 19.9 Å². The van der Waals surface area contributed by atoms with Gasteiger partial charge in [-0.15, -0.1) is 0 Å². The third kappa shape index (κ3) is 3.96. The fraction of sp³-hybridized carbons (Fsp3) is 0.500. The van der Waals surface area contributed by atoms with E-state index in [1.54, 1.807) is 6.20 Å². The van der Waals surface area contributed by atoms with E-state index in [0.29, 0.717) is 5.82 Å². The number of aromatic nitrogens is 2. The number of amides is 1. The Morgan fingerprint density at radius 2 is 2.35 bits per heavy atom. The number of fused-ring (bicyclic) bond motifs is 1. The van der Waals surface area contributed by atoms with Crippen LogP contribution in [0.5, 0.6) is 0 Å². The summed E-state index contributed by atoms with van der Waals surface area (Å²) in [6.07, 6.45) is 3.60. The average Bonchev–Trinajstić information content (AvgIpc) is 3.02. The van der Waals surface area contributed by atoms with E-state index in [-0.39, 0.29) is 13.3 Å². The van der Waals surface area contributed by atoms with Crippen LogP contribution in [0.3, 0.4) is 0 Å². The highest BCUT2D eigenvalue weighted by atomic mass is 32.1. The maximum Gasteiger partial charge on any atom is 0.222 e. The Bertz CT molecular complexity index is 727. The normalized spacial score (nSPS) is 17.1. The Morgan fingerprint density at radius 3 is 3.04 bits per heavy atom. The average molecular weight is 333 g/mol.